The predicted octanol–water partition coefficient (Wildman–Crippen LogP) is 5.22. The van der Waals surface area contributed by atoms with Crippen molar-refractivity contribution in [3.05, 3.63) is 33.8 Å². The molecule has 4 heteroatoms. The van der Waals surface area contributed by atoms with Crippen molar-refractivity contribution >= 4 is 23.2 Å². The van der Waals surface area contributed by atoms with Crippen molar-refractivity contribution in [3.63, 3.8) is 0 Å². The van der Waals surface area contributed by atoms with Gasteiger partial charge in [-0.1, -0.05) is 48.5 Å². The molecule has 0 bridgehead atoms. The number of hydrogen-bond donors (Lipinski definition) is 0. The summed E-state index contributed by atoms with van der Waals surface area (Å²) in [6.07, 6.45) is 9.90. The van der Waals surface area contributed by atoms with Crippen molar-refractivity contribution in [3.8, 4) is 0 Å². The van der Waals surface area contributed by atoms with Crippen LogP contribution in [0.4, 0.5) is 0 Å². The molecular formula is C20H28Cl2N2. The van der Waals surface area contributed by atoms with E-state index in [0.717, 1.165) is 24.5 Å². The van der Waals surface area contributed by atoms with E-state index in [9.17, 15) is 0 Å². The first-order valence-corrected chi connectivity index (χ1v) is 10.4. The summed E-state index contributed by atoms with van der Waals surface area (Å²) in [6.45, 7) is 4.75. The highest BCUT2D eigenvalue weighted by Gasteiger charge is 2.42. The minimum absolute atomic E-state index is 0.657. The van der Waals surface area contributed by atoms with Gasteiger partial charge in [-0.3, -0.25) is 9.80 Å². The maximum absolute atomic E-state index is 6.25. The van der Waals surface area contributed by atoms with Crippen LogP contribution in [-0.2, 0) is 6.54 Å². The Morgan fingerprint density at radius 2 is 1.71 bits per heavy atom. The van der Waals surface area contributed by atoms with E-state index in [-0.39, 0.29) is 0 Å². The number of nitrogens with zero attached hydrogens (tertiary/aromatic N) is 2. The Balaban J connectivity index is 1.55. The Bertz CT molecular complexity index is 571. The van der Waals surface area contributed by atoms with E-state index in [1.807, 2.05) is 6.07 Å². The van der Waals surface area contributed by atoms with Gasteiger partial charge < -0.3 is 0 Å². The summed E-state index contributed by atoms with van der Waals surface area (Å²) in [6, 6.07) is 7.66. The summed E-state index contributed by atoms with van der Waals surface area (Å²) in [5, 5.41) is 1.34. The fourth-order valence-corrected chi connectivity index (χ4v) is 5.63. The van der Waals surface area contributed by atoms with Crippen LogP contribution in [0.2, 0.25) is 10.0 Å². The number of halogens is 2. The third-order valence-corrected chi connectivity index (χ3v) is 7.15. The first kappa shape index (κ1) is 17.1. The SMILES string of the molecule is Clc1ccc(CN2CCN3CCC[C@@H]3[C@H]2C2CCCCC2)cc1Cl. The number of benzene rings is 1. The fraction of sp³-hybridized carbons (Fsp3) is 0.700. The van der Waals surface area contributed by atoms with E-state index in [4.69, 9.17) is 23.2 Å². The van der Waals surface area contributed by atoms with Crippen LogP contribution in [0.3, 0.4) is 0 Å². The molecule has 1 aromatic rings. The number of fused-ring (bicyclic) bond motifs is 1. The fourth-order valence-electron chi connectivity index (χ4n) is 5.31. The van der Waals surface area contributed by atoms with Crippen LogP contribution >= 0.6 is 23.2 Å². The maximum Gasteiger partial charge on any atom is 0.0595 e. The van der Waals surface area contributed by atoms with Gasteiger partial charge in [0.1, 0.15) is 0 Å². The molecule has 24 heavy (non-hydrogen) atoms. The Hall–Kier alpha value is -0.280. The van der Waals surface area contributed by atoms with Crippen LogP contribution in [0.5, 0.6) is 0 Å². The lowest BCUT2D eigenvalue weighted by Crippen LogP contribution is -2.59. The van der Waals surface area contributed by atoms with E-state index in [2.05, 4.69) is 21.9 Å². The van der Waals surface area contributed by atoms with Gasteiger partial charge in [-0.15, -0.1) is 0 Å². The molecule has 2 saturated heterocycles. The molecule has 132 valence electrons. The lowest BCUT2D eigenvalue weighted by molar-refractivity contribution is -0.00379. The highest BCUT2D eigenvalue weighted by molar-refractivity contribution is 6.42. The van der Waals surface area contributed by atoms with Crippen LogP contribution in [-0.4, -0.2) is 41.5 Å². The van der Waals surface area contributed by atoms with Crippen LogP contribution in [0.25, 0.3) is 0 Å². The molecule has 0 spiro atoms. The normalized spacial score (nSPS) is 29.8. The zero-order valence-electron chi connectivity index (χ0n) is 14.4. The van der Waals surface area contributed by atoms with Gasteiger partial charge in [0.25, 0.3) is 0 Å². The van der Waals surface area contributed by atoms with E-state index in [0.29, 0.717) is 10.0 Å². The van der Waals surface area contributed by atoms with Crippen molar-refractivity contribution in [1.82, 2.24) is 9.80 Å². The summed E-state index contributed by atoms with van der Waals surface area (Å²) in [4.78, 5) is 5.53. The predicted molar refractivity (Wildman–Crippen MR) is 102 cm³/mol. The first-order chi connectivity index (χ1) is 11.7. The largest absolute Gasteiger partial charge is 0.298 e. The van der Waals surface area contributed by atoms with Crippen LogP contribution in [0.15, 0.2) is 18.2 Å². The van der Waals surface area contributed by atoms with Gasteiger partial charge >= 0.3 is 0 Å². The van der Waals surface area contributed by atoms with Gasteiger partial charge in [-0.2, -0.15) is 0 Å². The molecule has 0 aromatic heterocycles. The van der Waals surface area contributed by atoms with Crippen molar-refractivity contribution in [2.45, 2.75) is 63.6 Å². The molecule has 0 N–H and O–H groups in total. The average molecular weight is 367 g/mol. The molecule has 3 fully saturated rings. The molecule has 1 saturated carbocycles. The van der Waals surface area contributed by atoms with Gasteiger partial charge in [0.2, 0.25) is 0 Å². The highest BCUT2D eigenvalue weighted by atomic mass is 35.5. The molecule has 0 amide bonds. The zero-order valence-corrected chi connectivity index (χ0v) is 15.9. The lowest BCUT2D eigenvalue weighted by atomic mass is 9.78. The van der Waals surface area contributed by atoms with E-state index < -0.39 is 0 Å². The molecule has 2 atom stereocenters. The molecule has 1 aliphatic carbocycles. The van der Waals surface area contributed by atoms with Crippen molar-refractivity contribution < 1.29 is 0 Å². The number of piperazine rings is 1. The standard InChI is InChI=1S/C20H28Cl2N2/c21-17-9-8-15(13-18(17)22)14-24-12-11-23-10-4-7-19(23)20(24)16-5-2-1-3-6-16/h8-9,13,16,19-20H,1-7,10-12,14H2/t19-,20-/m1/s1. The second kappa shape index (κ2) is 7.53. The van der Waals surface area contributed by atoms with Crippen LogP contribution in [0, 0.1) is 5.92 Å². The second-order valence-corrected chi connectivity index (χ2v) is 8.67. The third-order valence-electron chi connectivity index (χ3n) is 6.41. The zero-order chi connectivity index (χ0) is 16.5. The Morgan fingerprint density at radius 3 is 2.50 bits per heavy atom. The summed E-state index contributed by atoms with van der Waals surface area (Å²) < 4.78 is 0. The number of hydrogen-bond acceptors (Lipinski definition) is 2. The van der Waals surface area contributed by atoms with Gasteiger partial charge in [-0.05, 0) is 55.8 Å². The Morgan fingerprint density at radius 1 is 0.875 bits per heavy atom. The summed E-state index contributed by atoms with van der Waals surface area (Å²) in [5.74, 6) is 0.882. The van der Waals surface area contributed by atoms with Crippen molar-refractivity contribution in [2.24, 2.45) is 5.92 Å². The second-order valence-electron chi connectivity index (χ2n) is 7.85. The van der Waals surface area contributed by atoms with Gasteiger partial charge in [0, 0.05) is 31.7 Å². The molecule has 2 heterocycles. The molecule has 3 aliphatic rings. The van der Waals surface area contributed by atoms with Gasteiger partial charge in [0.05, 0.1) is 10.0 Å². The van der Waals surface area contributed by atoms with Crippen molar-refractivity contribution in [2.75, 3.05) is 19.6 Å². The number of rotatable bonds is 3. The Kier molecular flexibility index (Phi) is 5.38. The van der Waals surface area contributed by atoms with E-state index in [1.165, 1.54) is 70.1 Å². The third kappa shape index (κ3) is 3.49. The summed E-state index contributed by atoms with van der Waals surface area (Å²) >= 11 is 12.3. The molecule has 1 aromatic carbocycles. The van der Waals surface area contributed by atoms with Crippen molar-refractivity contribution in [1.29, 1.82) is 0 Å². The van der Waals surface area contributed by atoms with Crippen LogP contribution in [0.1, 0.15) is 50.5 Å². The maximum atomic E-state index is 6.25. The quantitative estimate of drug-likeness (QED) is 0.723. The topological polar surface area (TPSA) is 6.48 Å². The average Bonchev–Trinajstić information content (AvgIpc) is 3.07. The van der Waals surface area contributed by atoms with E-state index in [1.54, 1.807) is 0 Å². The first-order valence-electron chi connectivity index (χ1n) is 9.64. The molecule has 2 nitrogen and oxygen atoms in total. The minimum Gasteiger partial charge on any atom is -0.298 e. The lowest BCUT2D eigenvalue weighted by Gasteiger charge is -2.49. The molecule has 0 unspecified atom stereocenters. The smallest absolute Gasteiger partial charge is 0.0595 e. The molecular weight excluding hydrogens is 339 g/mol. The van der Waals surface area contributed by atoms with Gasteiger partial charge in [-0.25, -0.2) is 0 Å². The van der Waals surface area contributed by atoms with Gasteiger partial charge in [0.15, 0.2) is 0 Å². The minimum atomic E-state index is 0.657. The van der Waals surface area contributed by atoms with E-state index >= 15 is 0 Å². The Labute approximate surface area is 156 Å². The molecule has 0 radical (unpaired) electrons. The molecule has 2 aliphatic heterocycles. The summed E-state index contributed by atoms with van der Waals surface area (Å²) in [5.41, 5.74) is 1.30. The highest BCUT2D eigenvalue weighted by Crippen LogP contribution is 2.38. The van der Waals surface area contributed by atoms with Crippen LogP contribution < -0.4 is 0 Å². The molecule has 4 rings (SSSR count). The monoisotopic (exact) mass is 366 g/mol. The summed E-state index contributed by atoms with van der Waals surface area (Å²) in [7, 11) is 0.